The van der Waals surface area contributed by atoms with Gasteiger partial charge in [0.05, 0.1) is 12.2 Å². The van der Waals surface area contributed by atoms with E-state index in [9.17, 15) is 5.11 Å². The molecule has 0 aliphatic heterocycles. The first kappa shape index (κ1) is 16.4. The Bertz CT molecular complexity index is 421. The van der Waals surface area contributed by atoms with E-state index in [-0.39, 0.29) is 12.0 Å². The summed E-state index contributed by atoms with van der Waals surface area (Å²) >= 11 is 0. The molecule has 0 fully saturated rings. The van der Waals surface area contributed by atoms with Crippen LogP contribution in [0.25, 0.3) is 0 Å². The smallest absolute Gasteiger partial charge is 0.323 e. The van der Waals surface area contributed by atoms with Crippen molar-refractivity contribution in [1.29, 1.82) is 0 Å². The molecule has 1 heterocycles. The molecule has 0 atom stereocenters. The SMILES string of the molecule is CCCOc1nc(NN)nc(N(CC)CC(C)(C)O)n1. The maximum atomic E-state index is 9.93. The third-order valence-electron chi connectivity index (χ3n) is 2.41. The molecule has 1 aromatic rings. The van der Waals surface area contributed by atoms with Gasteiger partial charge >= 0.3 is 6.01 Å². The van der Waals surface area contributed by atoms with Crippen LogP contribution in [-0.2, 0) is 0 Å². The Morgan fingerprint density at radius 2 is 2.00 bits per heavy atom. The maximum absolute atomic E-state index is 9.93. The van der Waals surface area contributed by atoms with Crippen molar-refractivity contribution in [3.8, 4) is 6.01 Å². The first-order chi connectivity index (χ1) is 9.39. The van der Waals surface area contributed by atoms with E-state index in [4.69, 9.17) is 10.6 Å². The highest BCUT2D eigenvalue weighted by Gasteiger charge is 2.20. The Morgan fingerprint density at radius 1 is 1.30 bits per heavy atom. The molecular formula is C12H24N6O2. The molecule has 4 N–H and O–H groups in total. The number of likely N-dealkylation sites (N-methyl/N-ethyl adjacent to an activating group) is 1. The van der Waals surface area contributed by atoms with Crippen molar-refractivity contribution in [2.24, 2.45) is 5.84 Å². The fraction of sp³-hybridized carbons (Fsp3) is 0.750. The zero-order chi connectivity index (χ0) is 15.2. The Hall–Kier alpha value is -1.67. The van der Waals surface area contributed by atoms with Gasteiger partial charge in [0, 0.05) is 13.1 Å². The summed E-state index contributed by atoms with van der Waals surface area (Å²) in [4.78, 5) is 14.3. The number of hydrogen-bond acceptors (Lipinski definition) is 8. The van der Waals surface area contributed by atoms with Crippen LogP contribution in [-0.4, -0.2) is 45.4 Å². The summed E-state index contributed by atoms with van der Waals surface area (Å²) in [5.41, 5.74) is 1.54. The van der Waals surface area contributed by atoms with Crippen molar-refractivity contribution in [2.45, 2.75) is 39.7 Å². The van der Waals surface area contributed by atoms with E-state index in [1.807, 2.05) is 18.7 Å². The van der Waals surface area contributed by atoms with E-state index in [1.165, 1.54) is 0 Å². The lowest BCUT2D eigenvalue weighted by molar-refractivity contribution is 0.0871. The summed E-state index contributed by atoms with van der Waals surface area (Å²) in [6.45, 7) is 8.97. The highest BCUT2D eigenvalue weighted by atomic mass is 16.5. The summed E-state index contributed by atoms with van der Waals surface area (Å²) in [6.07, 6.45) is 0.855. The molecule has 0 spiro atoms. The van der Waals surface area contributed by atoms with Gasteiger partial charge in [-0.05, 0) is 27.2 Å². The van der Waals surface area contributed by atoms with Crippen LogP contribution < -0.4 is 20.9 Å². The first-order valence-corrected chi connectivity index (χ1v) is 6.72. The predicted octanol–water partition coefficient (Wildman–Crippen LogP) is 0.543. The van der Waals surface area contributed by atoms with Gasteiger partial charge in [0.15, 0.2) is 0 Å². The minimum Gasteiger partial charge on any atom is -0.463 e. The van der Waals surface area contributed by atoms with Crippen molar-refractivity contribution in [3.05, 3.63) is 0 Å². The van der Waals surface area contributed by atoms with Gasteiger partial charge in [0.25, 0.3) is 0 Å². The minimum atomic E-state index is -0.858. The topological polar surface area (TPSA) is 109 Å². The number of ether oxygens (including phenoxy) is 1. The van der Waals surface area contributed by atoms with E-state index in [0.29, 0.717) is 25.6 Å². The third-order valence-corrected chi connectivity index (χ3v) is 2.41. The van der Waals surface area contributed by atoms with Crippen molar-refractivity contribution in [1.82, 2.24) is 15.0 Å². The molecule has 1 aromatic heterocycles. The lowest BCUT2D eigenvalue weighted by Gasteiger charge is -2.28. The Morgan fingerprint density at radius 3 is 2.50 bits per heavy atom. The van der Waals surface area contributed by atoms with E-state index in [1.54, 1.807) is 13.8 Å². The number of aromatic nitrogens is 3. The van der Waals surface area contributed by atoms with Crippen molar-refractivity contribution in [3.63, 3.8) is 0 Å². The number of anilines is 2. The predicted molar refractivity (Wildman–Crippen MR) is 77.6 cm³/mol. The van der Waals surface area contributed by atoms with Gasteiger partial charge in [-0.15, -0.1) is 0 Å². The number of nitrogens with zero attached hydrogens (tertiary/aromatic N) is 4. The zero-order valence-electron chi connectivity index (χ0n) is 12.6. The van der Waals surface area contributed by atoms with Gasteiger partial charge in [-0.1, -0.05) is 6.92 Å². The molecule has 0 amide bonds. The van der Waals surface area contributed by atoms with Gasteiger partial charge in [-0.3, -0.25) is 5.43 Å². The molecule has 0 unspecified atom stereocenters. The number of nitrogens with two attached hydrogens (primary N) is 1. The van der Waals surface area contributed by atoms with Crippen LogP contribution in [0.5, 0.6) is 6.01 Å². The van der Waals surface area contributed by atoms with Crippen molar-refractivity contribution >= 4 is 11.9 Å². The second-order valence-corrected chi connectivity index (χ2v) is 5.06. The van der Waals surface area contributed by atoms with E-state index < -0.39 is 5.60 Å². The second-order valence-electron chi connectivity index (χ2n) is 5.06. The Labute approximate surface area is 119 Å². The normalized spacial score (nSPS) is 11.3. The fourth-order valence-electron chi connectivity index (χ4n) is 1.60. The number of nitrogen functional groups attached to an aromatic ring is 1. The quantitative estimate of drug-likeness (QED) is 0.469. The lowest BCUT2D eigenvalue weighted by atomic mass is 10.1. The Kier molecular flexibility index (Phi) is 5.90. The van der Waals surface area contributed by atoms with Crippen LogP contribution in [0, 0.1) is 0 Å². The number of nitrogens with one attached hydrogen (secondary N) is 1. The van der Waals surface area contributed by atoms with Gasteiger partial charge in [0.2, 0.25) is 11.9 Å². The molecule has 0 radical (unpaired) electrons. The molecule has 8 nitrogen and oxygen atoms in total. The fourth-order valence-corrected chi connectivity index (χ4v) is 1.60. The van der Waals surface area contributed by atoms with Gasteiger partial charge < -0.3 is 14.7 Å². The monoisotopic (exact) mass is 284 g/mol. The average Bonchev–Trinajstić information content (AvgIpc) is 2.41. The largest absolute Gasteiger partial charge is 0.463 e. The zero-order valence-corrected chi connectivity index (χ0v) is 12.6. The van der Waals surface area contributed by atoms with Crippen LogP contribution in [0.3, 0.4) is 0 Å². The summed E-state index contributed by atoms with van der Waals surface area (Å²) < 4.78 is 5.42. The van der Waals surface area contributed by atoms with Crippen LogP contribution in [0.4, 0.5) is 11.9 Å². The molecular weight excluding hydrogens is 260 g/mol. The van der Waals surface area contributed by atoms with Crippen LogP contribution in [0.2, 0.25) is 0 Å². The van der Waals surface area contributed by atoms with Gasteiger partial charge in [-0.25, -0.2) is 5.84 Å². The summed E-state index contributed by atoms with van der Waals surface area (Å²) in [5, 5.41) is 9.93. The second kappa shape index (κ2) is 7.20. The number of rotatable bonds is 8. The Balaban J connectivity index is 3.01. The van der Waals surface area contributed by atoms with Gasteiger partial charge in [-0.2, -0.15) is 15.0 Å². The molecule has 0 aliphatic rings. The van der Waals surface area contributed by atoms with Crippen LogP contribution >= 0.6 is 0 Å². The van der Waals surface area contributed by atoms with E-state index in [2.05, 4.69) is 20.4 Å². The molecule has 0 aromatic carbocycles. The van der Waals surface area contributed by atoms with E-state index in [0.717, 1.165) is 6.42 Å². The highest BCUT2D eigenvalue weighted by molar-refractivity contribution is 5.38. The van der Waals surface area contributed by atoms with Crippen LogP contribution in [0.15, 0.2) is 0 Å². The average molecular weight is 284 g/mol. The summed E-state index contributed by atoms with van der Waals surface area (Å²) in [6, 6.07) is 0.221. The number of hydrogen-bond donors (Lipinski definition) is 3. The van der Waals surface area contributed by atoms with E-state index >= 15 is 0 Å². The third kappa shape index (κ3) is 5.14. The number of aliphatic hydroxyl groups is 1. The van der Waals surface area contributed by atoms with Crippen LogP contribution in [0.1, 0.15) is 34.1 Å². The first-order valence-electron chi connectivity index (χ1n) is 6.72. The van der Waals surface area contributed by atoms with Gasteiger partial charge in [0.1, 0.15) is 0 Å². The highest BCUT2D eigenvalue weighted by Crippen LogP contribution is 2.17. The minimum absolute atomic E-state index is 0.221. The molecule has 114 valence electrons. The molecule has 20 heavy (non-hydrogen) atoms. The maximum Gasteiger partial charge on any atom is 0.323 e. The lowest BCUT2D eigenvalue weighted by Crippen LogP contribution is -2.39. The molecule has 0 saturated carbocycles. The van der Waals surface area contributed by atoms with Crippen molar-refractivity contribution < 1.29 is 9.84 Å². The summed E-state index contributed by atoms with van der Waals surface area (Å²) in [5.74, 6) is 6.01. The molecule has 0 aliphatic carbocycles. The molecule has 0 saturated heterocycles. The summed E-state index contributed by atoms with van der Waals surface area (Å²) in [7, 11) is 0. The molecule has 0 bridgehead atoms. The number of hydrazine groups is 1. The standard InChI is InChI=1S/C12H24N6O2/c1-5-7-20-11-15-9(17-13)14-10(16-11)18(6-2)8-12(3,4)19/h19H,5-8,13H2,1-4H3,(H,14,15,16,17). The van der Waals surface area contributed by atoms with Crippen molar-refractivity contribution in [2.75, 3.05) is 30.0 Å². The molecule has 1 rings (SSSR count). The molecule has 8 heteroatoms.